The van der Waals surface area contributed by atoms with Crippen molar-refractivity contribution in [3.05, 3.63) is 48.3 Å². The lowest BCUT2D eigenvalue weighted by atomic mass is 10.2. The molecule has 2 aromatic rings. The van der Waals surface area contributed by atoms with Gasteiger partial charge < -0.3 is 4.74 Å². The van der Waals surface area contributed by atoms with Gasteiger partial charge in [-0.05, 0) is 23.8 Å². The fraction of sp³-hybridized carbons (Fsp3) is 0.357. The van der Waals surface area contributed by atoms with Crippen molar-refractivity contribution in [1.29, 1.82) is 0 Å². The van der Waals surface area contributed by atoms with Gasteiger partial charge in [0.2, 0.25) is 0 Å². The molecule has 0 aliphatic carbocycles. The SMILES string of the molecule is COc1ccc([C@H](n2cccn2)[Si](C)(C)C)cc1. The minimum absolute atomic E-state index is 0.360. The van der Waals surface area contributed by atoms with E-state index in [0.717, 1.165) is 5.75 Å². The summed E-state index contributed by atoms with van der Waals surface area (Å²) in [5.74, 6) is 0.897. The zero-order valence-corrected chi connectivity index (χ0v) is 12.4. The topological polar surface area (TPSA) is 27.1 Å². The predicted molar refractivity (Wildman–Crippen MR) is 76.7 cm³/mol. The Kier molecular flexibility index (Phi) is 3.57. The zero-order valence-electron chi connectivity index (χ0n) is 11.4. The van der Waals surface area contributed by atoms with Crippen molar-refractivity contribution in [2.45, 2.75) is 25.3 Å². The van der Waals surface area contributed by atoms with Crippen molar-refractivity contribution in [1.82, 2.24) is 9.78 Å². The molecule has 0 amide bonds. The molecule has 18 heavy (non-hydrogen) atoms. The van der Waals surface area contributed by atoms with Crippen LogP contribution in [0.2, 0.25) is 19.6 Å². The number of methoxy groups -OCH3 is 1. The summed E-state index contributed by atoms with van der Waals surface area (Å²) in [7, 11) is 0.293. The van der Waals surface area contributed by atoms with E-state index in [1.807, 2.05) is 30.6 Å². The highest BCUT2D eigenvalue weighted by Gasteiger charge is 2.30. The largest absolute Gasteiger partial charge is 0.497 e. The van der Waals surface area contributed by atoms with Crippen molar-refractivity contribution in [2.75, 3.05) is 7.11 Å². The first-order valence-electron chi connectivity index (χ1n) is 6.15. The normalized spacial score (nSPS) is 13.3. The van der Waals surface area contributed by atoms with Gasteiger partial charge >= 0.3 is 0 Å². The van der Waals surface area contributed by atoms with E-state index in [0.29, 0.717) is 5.67 Å². The quantitative estimate of drug-likeness (QED) is 0.788. The van der Waals surface area contributed by atoms with Crippen LogP contribution in [-0.4, -0.2) is 25.0 Å². The van der Waals surface area contributed by atoms with Crippen LogP contribution in [0.15, 0.2) is 42.7 Å². The maximum absolute atomic E-state index is 5.21. The summed E-state index contributed by atoms with van der Waals surface area (Å²) in [4.78, 5) is 0. The number of aromatic nitrogens is 2. The lowest BCUT2D eigenvalue weighted by molar-refractivity contribution is 0.414. The number of rotatable bonds is 4. The van der Waals surface area contributed by atoms with Gasteiger partial charge in [0.05, 0.1) is 20.8 Å². The van der Waals surface area contributed by atoms with Crippen LogP contribution in [0.1, 0.15) is 11.2 Å². The molecule has 0 fully saturated rings. The highest BCUT2D eigenvalue weighted by Crippen LogP contribution is 2.29. The molecular weight excluding hydrogens is 240 g/mol. The highest BCUT2D eigenvalue weighted by atomic mass is 28.3. The molecule has 0 spiro atoms. The third-order valence-corrected chi connectivity index (χ3v) is 5.28. The van der Waals surface area contributed by atoms with E-state index in [1.165, 1.54) is 5.56 Å². The maximum Gasteiger partial charge on any atom is 0.118 e. The first-order valence-corrected chi connectivity index (χ1v) is 9.73. The average molecular weight is 260 g/mol. The summed E-state index contributed by atoms with van der Waals surface area (Å²) in [6.45, 7) is 7.09. The standard InChI is InChI=1S/C14H20N2OSi/c1-17-13-8-6-12(7-9-13)14(18(2,3)4)16-11-5-10-15-16/h5-11,14H,1-4H3/t14-/m1/s1. The van der Waals surface area contributed by atoms with E-state index in [2.05, 4.69) is 41.6 Å². The minimum atomic E-state index is -1.40. The van der Waals surface area contributed by atoms with Crippen molar-refractivity contribution < 1.29 is 4.74 Å². The van der Waals surface area contributed by atoms with Gasteiger partial charge in [0, 0.05) is 12.4 Å². The molecule has 0 bridgehead atoms. The second-order valence-corrected chi connectivity index (χ2v) is 10.8. The summed E-state index contributed by atoms with van der Waals surface area (Å²) >= 11 is 0. The van der Waals surface area contributed by atoms with E-state index in [-0.39, 0.29) is 0 Å². The van der Waals surface area contributed by atoms with Crippen molar-refractivity contribution in [3.8, 4) is 5.75 Å². The van der Waals surface area contributed by atoms with Gasteiger partial charge in [-0.1, -0.05) is 31.8 Å². The summed E-state index contributed by atoms with van der Waals surface area (Å²) in [5, 5.41) is 4.42. The molecule has 3 nitrogen and oxygen atoms in total. The Morgan fingerprint density at radius 1 is 1.17 bits per heavy atom. The summed E-state index contributed by atoms with van der Waals surface area (Å²) in [5.41, 5.74) is 1.66. The van der Waals surface area contributed by atoms with E-state index >= 15 is 0 Å². The molecule has 0 radical (unpaired) electrons. The number of nitrogens with zero attached hydrogens (tertiary/aromatic N) is 2. The third-order valence-electron chi connectivity index (χ3n) is 3.04. The molecule has 0 aliphatic heterocycles. The Hall–Kier alpha value is -1.55. The fourth-order valence-electron chi connectivity index (χ4n) is 2.27. The number of ether oxygens (including phenoxy) is 1. The molecule has 0 N–H and O–H groups in total. The molecule has 0 saturated carbocycles. The van der Waals surface area contributed by atoms with Gasteiger partial charge in [-0.2, -0.15) is 5.10 Å². The van der Waals surface area contributed by atoms with Crippen molar-refractivity contribution in [3.63, 3.8) is 0 Å². The van der Waals surface area contributed by atoms with Gasteiger partial charge in [0.1, 0.15) is 5.75 Å². The summed E-state index contributed by atoms with van der Waals surface area (Å²) in [6.07, 6.45) is 3.89. The maximum atomic E-state index is 5.21. The summed E-state index contributed by atoms with van der Waals surface area (Å²) in [6, 6.07) is 10.3. The van der Waals surface area contributed by atoms with Crippen LogP contribution < -0.4 is 4.74 Å². The molecule has 0 saturated heterocycles. The predicted octanol–water partition coefficient (Wildman–Crippen LogP) is 3.36. The zero-order chi connectivity index (χ0) is 13.2. The van der Waals surface area contributed by atoms with Crippen LogP contribution >= 0.6 is 0 Å². The number of benzene rings is 1. The number of hydrogen-bond donors (Lipinski definition) is 0. The third kappa shape index (κ3) is 2.64. The number of hydrogen-bond acceptors (Lipinski definition) is 2. The first-order chi connectivity index (χ1) is 8.52. The van der Waals surface area contributed by atoms with E-state index in [4.69, 9.17) is 4.74 Å². The Balaban J connectivity index is 2.40. The molecule has 1 aromatic heterocycles. The Labute approximate surface area is 109 Å². The highest BCUT2D eigenvalue weighted by molar-refractivity contribution is 6.77. The van der Waals surface area contributed by atoms with Crippen molar-refractivity contribution in [2.24, 2.45) is 0 Å². The van der Waals surface area contributed by atoms with Crippen LogP contribution in [0.3, 0.4) is 0 Å². The molecule has 1 aromatic carbocycles. The van der Waals surface area contributed by atoms with Crippen LogP contribution in [0.25, 0.3) is 0 Å². The lowest BCUT2D eigenvalue weighted by Gasteiger charge is -2.29. The summed E-state index contributed by atoms with van der Waals surface area (Å²) < 4.78 is 7.29. The second-order valence-electron chi connectivity index (χ2n) is 5.53. The molecule has 4 heteroatoms. The first kappa shape index (κ1) is 12.9. The average Bonchev–Trinajstić information content (AvgIpc) is 2.82. The molecule has 96 valence electrons. The van der Waals surface area contributed by atoms with Gasteiger partial charge in [-0.3, -0.25) is 4.68 Å². The molecule has 1 heterocycles. The van der Waals surface area contributed by atoms with E-state index in [9.17, 15) is 0 Å². The molecule has 0 unspecified atom stereocenters. The van der Waals surface area contributed by atoms with Crippen molar-refractivity contribution >= 4 is 8.07 Å². The fourth-order valence-corrected chi connectivity index (χ4v) is 4.41. The Morgan fingerprint density at radius 3 is 2.28 bits per heavy atom. The molecule has 1 atom stereocenters. The second kappa shape index (κ2) is 4.98. The molecule has 0 aliphatic rings. The van der Waals surface area contributed by atoms with Gasteiger partial charge in [0.25, 0.3) is 0 Å². The van der Waals surface area contributed by atoms with Gasteiger partial charge in [0.15, 0.2) is 0 Å². The van der Waals surface area contributed by atoms with Gasteiger partial charge in [-0.25, -0.2) is 0 Å². The Bertz CT molecular complexity index is 486. The van der Waals surface area contributed by atoms with Crippen LogP contribution in [0, 0.1) is 0 Å². The monoisotopic (exact) mass is 260 g/mol. The van der Waals surface area contributed by atoms with Crippen LogP contribution in [0.5, 0.6) is 5.75 Å². The smallest absolute Gasteiger partial charge is 0.118 e. The van der Waals surface area contributed by atoms with Crippen LogP contribution in [0.4, 0.5) is 0 Å². The molecule has 2 rings (SSSR count). The Morgan fingerprint density at radius 2 is 1.83 bits per heavy atom. The van der Waals surface area contributed by atoms with Crippen LogP contribution in [-0.2, 0) is 0 Å². The lowest BCUT2D eigenvalue weighted by Crippen LogP contribution is -2.36. The van der Waals surface area contributed by atoms with E-state index < -0.39 is 8.07 Å². The molecular formula is C14H20N2OSi. The minimum Gasteiger partial charge on any atom is -0.497 e. The van der Waals surface area contributed by atoms with Gasteiger partial charge in [-0.15, -0.1) is 0 Å². The van der Waals surface area contributed by atoms with E-state index in [1.54, 1.807) is 7.11 Å².